The van der Waals surface area contributed by atoms with Gasteiger partial charge in [0.2, 0.25) is 5.91 Å². The molecule has 1 aliphatic rings. The van der Waals surface area contributed by atoms with Gasteiger partial charge in [-0.05, 0) is 23.8 Å². The fourth-order valence-electron chi connectivity index (χ4n) is 2.92. The van der Waals surface area contributed by atoms with E-state index in [9.17, 15) is 18.8 Å². The fraction of sp³-hybridized carbons (Fsp3) is 0.250. The van der Waals surface area contributed by atoms with Crippen LogP contribution in [0.1, 0.15) is 12.0 Å². The summed E-state index contributed by atoms with van der Waals surface area (Å²) in [6.07, 6.45) is 0.0408. The van der Waals surface area contributed by atoms with Gasteiger partial charge in [0, 0.05) is 24.5 Å². The Labute approximate surface area is 166 Å². The summed E-state index contributed by atoms with van der Waals surface area (Å²) in [7, 11) is 0. The highest BCUT2D eigenvalue weighted by atomic mass is 35.5. The zero-order valence-corrected chi connectivity index (χ0v) is 15.6. The zero-order valence-electron chi connectivity index (χ0n) is 14.9. The molecule has 28 heavy (non-hydrogen) atoms. The quantitative estimate of drug-likeness (QED) is 0.751. The standard InChI is InChI=1S/C20H18ClFN2O4/c21-15-6-7-17(16(22)9-15)23-18(25)12-28-20(27)14-8-19(26)24(11-14)10-13-4-2-1-3-5-13/h1-7,9,14H,8,10-12H2,(H,23,25)/t14-/m1/s1. The summed E-state index contributed by atoms with van der Waals surface area (Å²) in [5, 5.41) is 2.51. The Morgan fingerprint density at radius 3 is 2.68 bits per heavy atom. The lowest BCUT2D eigenvalue weighted by atomic mass is 10.1. The molecule has 146 valence electrons. The minimum Gasteiger partial charge on any atom is -0.455 e. The van der Waals surface area contributed by atoms with Gasteiger partial charge in [-0.15, -0.1) is 0 Å². The molecule has 8 heteroatoms. The minimum atomic E-state index is -0.690. The Kier molecular flexibility index (Phi) is 6.26. The first-order chi connectivity index (χ1) is 13.4. The highest BCUT2D eigenvalue weighted by Gasteiger charge is 2.35. The molecule has 1 saturated heterocycles. The third-order valence-electron chi connectivity index (χ3n) is 4.31. The van der Waals surface area contributed by atoms with Crippen molar-refractivity contribution in [2.24, 2.45) is 5.92 Å². The smallest absolute Gasteiger partial charge is 0.311 e. The number of rotatable bonds is 6. The molecule has 2 aromatic rings. The van der Waals surface area contributed by atoms with Crippen molar-refractivity contribution in [2.75, 3.05) is 18.5 Å². The number of ether oxygens (including phenoxy) is 1. The van der Waals surface area contributed by atoms with Crippen LogP contribution in [-0.2, 0) is 25.7 Å². The number of nitrogens with zero attached hydrogens (tertiary/aromatic N) is 1. The number of amides is 2. The van der Waals surface area contributed by atoms with E-state index < -0.39 is 30.2 Å². The van der Waals surface area contributed by atoms with Gasteiger partial charge in [-0.1, -0.05) is 41.9 Å². The van der Waals surface area contributed by atoms with E-state index in [2.05, 4.69) is 5.32 Å². The third kappa shape index (κ3) is 5.07. The predicted molar refractivity (Wildman–Crippen MR) is 101 cm³/mol. The van der Waals surface area contributed by atoms with Crippen molar-refractivity contribution in [2.45, 2.75) is 13.0 Å². The molecule has 6 nitrogen and oxygen atoms in total. The average Bonchev–Trinajstić information content (AvgIpc) is 3.03. The van der Waals surface area contributed by atoms with E-state index >= 15 is 0 Å². The Hall–Kier alpha value is -2.93. The molecule has 3 rings (SSSR count). The van der Waals surface area contributed by atoms with Crippen LogP contribution in [-0.4, -0.2) is 35.8 Å². The second-order valence-electron chi connectivity index (χ2n) is 6.44. The number of nitrogens with one attached hydrogen (secondary N) is 1. The summed E-state index contributed by atoms with van der Waals surface area (Å²) in [6.45, 7) is 0.0874. The Morgan fingerprint density at radius 1 is 1.21 bits per heavy atom. The molecule has 1 atom stereocenters. The number of hydrogen-bond acceptors (Lipinski definition) is 4. The number of carbonyl (C=O) groups excluding carboxylic acids is 3. The molecule has 0 spiro atoms. The van der Waals surface area contributed by atoms with E-state index in [1.54, 1.807) is 4.90 Å². The maximum atomic E-state index is 13.7. The van der Waals surface area contributed by atoms with Crippen molar-refractivity contribution in [3.63, 3.8) is 0 Å². The molecule has 1 fully saturated rings. The third-order valence-corrected chi connectivity index (χ3v) is 4.55. The van der Waals surface area contributed by atoms with Gasteiger partial charge in [-0.2, -0.15) is 0 Å². The van der Waals surface area contributed by atoms with E-state index in [0.29, 0.717) is 6.54 Å². The van der Waals surface area contributed by atoms with Gasteiger partial charge >= 0.3 is 5.97 Å². The highest BCUT2D eigenvalue weighted by Crippen LogP contribution is 2.22. The minimum absolute atomic E-state index is 0.0408. The lowest BCUT2D eigenvalue weighted by Crippen LogP contribution is -2.28. The van der Waals surface area contributed by atoms with Crippen LogP contribution in [0.15, 0.2) is 48.5 Å². The van der Waals surface area contributed by atoms with Gasteiger partial charge in [0.05, 0.1) is 11.6 Å². The monoisotopic (exact) mass is 404 g/mol. The summed E-state index contributed by atoms with van der Waals surface area (Å²) < 4.78 is 18.7. The van der Waals surface area contributed by atoms with Gasteiger partial charge in [0.1, 0.15) is 5.82 Å². The van der Waals surface area contributed by atoms with Gasteiger partial charge < -0.3 is 15.0 Å². The van der Waals surface area contributed by atoms with E-state index in [4.69, 9.17) is 16.3 Å². The first kappa shape index (κ1) is 19.8. The molecular formula is C20H18ClFN2O4. The van der Waals surface area contributed by atoms with E-state index in [0.717, 1.165) is 11.6 Å². The fourth-order valence-corrected chi connectivity index (χ4v) is 3.08. The number of esters is 1. The van der Waals surface area contributed by atoms with E-state index in [1.807, 2.05) is 30.3 Å². The lowest BCUT2D eigenvalue weighted by molar-refractivity contribution is -0.151. The van der Waals surface area contributed by atoms with Crippen LogP contribution in [0, 0.1) is 11.7 Å². The number of halogens is 2. The Bertz CT molecular complexity index is 891. The molecule has 1 heterocycles. The average molecular weight is 405 g/mol. The van der Waals surface area contributed by atoms with Gasteiger partial charge in [0.25, 0.3) is 5.91 Å². The Morgan fingerprint density at radius 2 is 1.96 bits per heavy atom. The SMILES string of the molecule is O=C(COC(=O)[C@@H]1CC(=O)N(Cc2ccccc2)C1)Nc1ccc(Cl)cc1F. The molecule has 2 amide bonds. The molecule has 0 aromatic heterocycles. The second kappa shape index (κ2) is 8.84. The molecule has 1 aliphatic heterocycles. The summed E-state index contributed by atoms with van der Waals surface area (Å²) in [4.78, 5) is 37.8. The number of anilines is 1. The van der Waals surface area contributed by atoms with Crippen LogP contribution in [0.4, 0.5) is 10.1 Å². The summed E-state index contributed by atoms with van der Waals surface area (Å²) in [6, 6.07) is 13.3. The maximum absolute atomic E-state index is 13.7. The van der Waals surface area contributed by atoms with Gasteiger partial charge in [0.15, 0.2) is 6.61 Å². The van der Waals surface area contributed by atoms with Crippen LogP contribution in [0.3, 0.4) is 0 Å². The molecule has 0 saturated carbocycles. The van der Waals surface area contributed by atoms with Crippen LogP contribution in [0.25, 0.3) is 0 Å². The largest absolute Gasteiger partial charge is 0.455 e. The normalized spacial score (nSPS) is 16.1. The van der Waals surface area contributed by atoms with Crippen LogP contribution >= 0.6 is 11.6 Å². The molecule has 0 radical (unpaired) electrons. The molecular weight excluding hydrogens is 387 g/mol. The van der Waals surface area contributed by atoms with Crippen LogP contribution < -0.4 is 5.32 Å². The molecule has 2 aromatic carbocycles. The number of hydrogen-bond donors (Lipinski definition) is 1. The predicted octanol–water partition coefficient (Wildman–Crippen LogP) is 3.01. The van der Waals surface area contributed by atoms with Crippen molar-refractivity contribution in [3.05, 3.63) is 64.9 Å². The Balaban J connectivity index is 1.48. The van der Waals surface area contributed by atoms with Crippen molar-refractivity contribution in [3.8, 4) is 0 Å². The van der Waals surface area contributed by atoms with E-state index in [-0.39, 0.29) is 29.6 Å². The molecule has 0 bridgehead atoms. The van der Waals surface area contributed by atoms with Crippen molar-refractivity contribution in [1.82, 2.24) is 4.90 Å². The summed E-state index contributed by atoms with van der Waals surface area (Å²) in [5.74, 6) is -2.77. The maximum Gasteiger partial charge on any atom is 0.311 e. The van der Waals surface area contributed by atoms with Gasteiger partial charge in [-0.25, -0.2) is 4.39 Å². The first-order valence-corrected chi connectivity index (χ1v) is 9.03. The van der Waals surface area contributed by atoms with Crippen molar-refractivity contribution in [1.29, 1.82) is 0 Å². The zero-order chi connectivity index (χ0) is 20.1. The molecule has 0 aliphatic carbocycles. The summed E-state index contributed by atoms with van der Waals surface area (Å²) >= 11 is 5.65. The molecule has 0 unspecified atom stereocenters. The van der Waals surface area contributed by atoms with Gasteiger partial charge in [-0.3, -0.25) is 14.4 Å². The number of carbonyl (C=O) groups is 3. The second-order valence-corrected chi connectivity index (χ2v) is 6.88. The van der Waals surface area contributed by atoms with E-state index in [1.165, 1.54) is 12.1 Å². The molecule has 1 N–H and O–H groups in total. The first-order valence-electron chi connectivity index (χ1n) is 8.65. The lowest BCUT2D eigenvalue weighted by Gasteiger charge is -2.16. The van der Waals surface area contributed by atoms with Crippen molar-refractivity contribution < 1.29 is 23.5 Å². The number of benzene rings is 2. The number of likely N-dealkylation sites (tertiary alicyclic amines) is 1. The van der Waals surface area contributed by atoms with Crippen LogP contribution in [0.2, 0.25) is 5.02 Å². The topological polar surface area (TPSA) is 75.7 Å². The van der Waals surface area contributed by atoms with Crippen LogP contribution in [0.5, 0.6) is 0 Å². The summed E-state index contributed by atoms with van der Waals surface area (Å²) in [5.41, 5.74) is 0.907. The highest BCUT2D eigenvalue weighted by molar-refractivity contribution is 6.30. The van der Waals surface area contributed by atoms with Crippen molar-refractivity contribution >= 4 is 35.1 Å².